The second kappa shape index (κ2) is 31.9. The average Bonchev–Trinajstić information content (AvgIpc) is 1.46. The Morgan fingerprint density at radius 2 is 0.649 bits per heavy atom. The number of rotatable bonds is 9. The van der Waals surface area contributed by atoms with E-state index in [9.17, 15) is 0 Å². The zero-order valence-electron chi connectivity index (χ0n) is 62.2. The van der Waals surface area contributed by atoms with Crippen LogP contribution in [-0.4, -0.2) is 81.3 Å². The summed E-state index contributed by atoms with van der Waals surface area (Å²) in [4.78, 5) is 96.6. The van der Waals surface area contributed by atoms with Crippen molar-refractivity contribution >= 4 is 92.7 Å². The van der Waals surface area contributed by atoms with Crippen molar-refractivity contribution in [2.75, 3.05) is 34.4 Å². The van der Waals surface area contributed by atoms with E-state index in [0.717, 1.165) is 33.6 Å². The van der Waals surface area contributed by atoms with Gasteiger partial charge >= 0.3 is 0 Å². The molecule has 0 unspecified atom stereocenters. The molecule has 5 aromatic heterocycles. The van der Waals surface area contributed by atoms with Crippen LogP contribution < -0.4 is 21.3 Å². The van der Waals surface area contributed by atoms with Crippen LogP contribution in [0.3, 0.4) is 0 Å². The van der Waals surface area contributed by atoms with Crippen LogP contribution in [0.1, 0.15) is 103 Å². The number of aromatic nitrogens is 6. The van der Waals surface area contributed by atoms with E-state index in [1.54, 1.807) is 6.20 Å². The second-order valence-corrected chi connectivity index (χ2v) is 29.0. The quantitative estimate of drug-likeness (QED) is 0.0801. The first-order valence-electron chi connectivity index (χ1n) is 38.2. The summed E-state index contributed by atoms with van der Waals surface area (Å²) in [6.45, 7) is 5.02. The van der Waals surface area contributed by atoms with E-state index in [2.05, 4.69) is 88.4 Å². The minimum Gasteiger partial charge on any atom is -0.354 e. The molecule has 0 saturated heterocycles. The van der Waals surface area contributed by atoms with Crippen molar-refractivity contribution in [1.29, 1.82) is 0 Å². The molecule has 14 aromatic rings. The van der Waals surface area contributed by atoms with Crippen molar-refractivity contribution in [2.45, 2.75) is 45.8 Å². The number of carbonyl (C=O) groups excluding carboxylic acids is 4. The molecule has 114 heavy (non-hydrogen) atoms. The Balaban J connectivity index is 0.843. The SMILES string of the molecule is O=C1Nc2ccccc2-c2c3nc(c4c5ccc([nH]5)c(c5nc(c(c6ccc2[nH]6)-c2ccccc2NC(=O)c2cccc(c2)CN(CCN(Cc2ccccc2)Cc2ccccn2)Cc2cccc1c2)C=C5)-c1ccccc1NC(=O)c1cccc(c1)CN(Cc1ccccn1)Cc1cccc(c1)C(=O)Nc1ccccc1-4)C=C3. The molecule has 4 amide bonds. The lowest BCUT2D eigenvalue weighted by molar-refractivity contribution is 0.101. The van der Waals surface area contributed by atoms with E-state index in [4.69, 9.17) is 19.9 Å². The number of aromatic amines is 2. The highest BCUT2D eigenvalue weighted by atomic mass is 16.2. The Kier molecular flexibility index (Phi) is 20.0. The number of benzene rings is 9. The van der Waals surface area contributed by atoms with Gasteiger partial charge in [0.1, 0.15) is 0 Å². The van der Waals surface area contributed by atoms with Gasteiger partial charge in [-0.2, -0.15) is 0 Å². The Morgan fingerprint density at radius 1 is 0.316 bits per heavy atom. The fraction of sp³-hybridized carbons (Fsp3) is 0.0928. The van der Waals surface area contributed by atoms with E-state index in [0.29, 0.717) is 193 Å². The third-order valence-corrected chi connectivity index (χ3v) is 21.1. The van der Waals surface area contributed by atoms with Gasteiger partial charge in [0.2, 0.25) is 0 Å². The number of hydrogen-bond donors (Lipinski definition) is 6. The fourth-order valence-electron chi connectivity index (χ4n) is 15.8. The summed E-state index contributed by atoms with van der Waals surface area (Å²) in [6.07, 6.45) is 11.6. The van der Waals surface area contributed by atoms with Crippen molar-refractivity contribution in [3.05, 3.63) is 382 Å². The molecule has 0 radical (unpaired) electrons. The number of fused-ring (bicyclic) bond motifs is 24. The first-order valence-corrected chi connectivity index (χ1v) is 38.2. The third-order valence-electron chi connectivity index (χ3n) is 21.1. The number of carbonyl (C=O) groups is 4. The van der Waals surface area contributed by atoms with Crippen LogP contribution in [0.25, 0.3) is 90.9 Å². The number of nitrogens with zero attached hydrogens (tertiary/aromatic N) is 7. The van der Waals surface area contributed by atoms with Crippen molar-refractivity contribution in [3.8, 4) is 44.5 Å². The number of hydrogen-bond acceptors (Lipinski definition) is 11. The van der Waals surface area contributed by atoms with Crippen molar-refractivity contribution < 1.29 is 19.2 Å². The average molecular weight is 1490 g/mol. The van der Waals surface area contributed by atoms with Crippen molar-refractivity contribution in [1.82, 2.24) is 44.6 Å². The van der Waals surface area contributed by atoms with Gasteiger partial charge < -0.3 is 31.2 Å². The van der Waals surface area contributed by atoms with Gasteiger partial charge in [-0.3, -0.25) is 43.8 Å². The van der Waals surface area contributed by atoms with Crippen LogP contribution in [0.2, 0.25) is 0 Å². The molecule has 17 nitrogen and oxygen atoms in total. The van der Waals surface area contributed by atoms with Crippen LogP contribution >= 0.6 is 0 Å². The molecule has 20 bridgehead atoms. The number of anilines is 4. The van der Waals surface area contributed by atoms with Crippen LogP contribution in [0, 0.1) is 0 Å². The maximum absolute atomic E-state index is 15.3. The lowest BCUT2D eigenvalue weighted by atomic mass is 10.0. The van der Waals surface area contributed by atoms with Gasteiger partial charge in [-0.15, -0.1) is 0 Å². The number of H-pyrrole nitrogens is 2. The molecular weight excluding hydrogens is 1410 g/mol. The Bertz CT molecular complexity index is 5960. The molecule has 0 saturated carbocycles. The summed E-state index contributed by atoms with van der Waals surface area (Å²) in [7, 11) is 0. The molecule has 0 fully saturated rings. The zero-order valence-corrected chi connectivity index (χ0v) is 62.2. The summed E-state index contributed by atoms with van der Waals surface area (Å²) < 4.78 is 0. The summed E-state index contributed by atoms with van der Waals surface area (Å²) >= 11 is 0. The first kappa shape index (κ1) is 71.3. The fourth-order valence-corrected chi connectivity index (χ4v) is 15.8. The third kappa shape index (κ3) is 15.5. The van der Waals surface area contributed by atoms with E-state index in [1.165, 1.54) is 5.56 Å². The maximum atomic E-state index is 15.3. The van der Waals surface area contributed by atoms with Crippen molar-refractivity contribution in [3.63, 3.8) is 0 Å². The standard InChI is InChI=1S/C97H77N13O4/c111-94-68-26-16-22-64(52-68)57-108(50-51-109(56-63-20-2-1-3-21-63)61-72-30-12-14-48-98-72)58-65-23-17-27-69(53-65)95(112)105-79-37-9-5-33-75(79)91-83-41-40-82(100-83)90(74-32-4-8-36-78(74)104-94)84-42-44-86(101-84)92-76-34-6-10-38-80(76)106-96(113)70-28-18-24-66(54-70)59-110(62-73-31-13-15-49-99-73)60-67-25-19-29-71(55-67)97(114)107-81-39-11-7-35-77(81)93(87-45-43-85(91)102-87)89-47-46-88(92)103-89/h1-49,52-55,100,103H,50-51,56-62H2,(H,104,111)(H,105,112)(H,106,113)(H,107,114). The van der Waals surface area contributed by atoms with Crippen LogP contribution in [0.15, 0.2) is 298 Å². The van der Waals surface area contributed by atoms with Crippen LogP contribution in [-0.2, 0) is 45.8 Å². The molecule has 18 rings (SSSR count). The summed E-state index contributed by atoms with van der Waals surface area (Å²) in [6, 6.07) is 92.5. The summed E-state index contributed by atoms with van der Waals surface area (Å²) in [5.41, 5.74) is 20.9. The highest BCUT2D eigenvalue weighted by Crippen LogP contribution is 2.44. The maximum Gasteiger partial charge on any atom is 0.255 e. The minimum atomic E-state index is -0.311. The smallest absolute Gasteiger partial charge is 0.255 e. The normalized spacial score (nSPS) is 13.8. The Labute approximate surface area is 659 Å². The summed E-state index contributed by atoms with van der Waals surface area (Å²) in [5.74, 6) is -1.23. The molecule has 0 spiro atoms. The summed E-state index contributed by atoms with van der Waals surface area (Å²) in [5, 5.41) is 13.5. The predicted octanol–water partition coefficient (Wildman–Crippen LogP) is 19.7. The van der Waals surface area contributed by atoms with E-state index in [-0.39, 0.29) is 23.6 Å². The Morgan fingerprint density at radius 3 is 1.01 bits per heavy atom. The predicted molar refractivity (Wildman–Crippen MR) is 454 cm³/mol. The number of para-hydroxylation sites is 4. The van der Waals surface area contributed by atoms with Gasteiger partial charge in [0.25, 0.3) is 23.6 Å². The van der Waals surface area contributed by atoms with Gasteiger partial charge in [-0.05, 0) is 173 Å². The highest BCUT2D eigenvalue weighted by Gasteiger charge is 2.27. The largest absolute Gasteiger partial charge is 0.354 e. The topological polar surface area (TPSA) is 209 Å². The van der Waals surface area contributed by atoms with Gasteiger partial charge in [0.15, 0.2) is 0 Å². The number of amides is 4. The van der Waals surface area contributed by atoms with Gasteiger partial charge in [-0.1, -0.05) is 164 Å². The molecular formula is C97H77N13O4. The van der Waals surface area contributed by atoms with E-state index >= 15 is 19.2 Å². The van der Waals surface area contributed by atoms with Crippen molar-refractivity contribution in [2.24, 2.45) is 0 Å². The van der Waals surface area contributed by atoms with Crippen LogP contribution in [0.5, 0.6) is 0 Å². The lowest BCUT2D eigenvalue weighted by Crippen LogP contribution is -2.34. The van der Waals surface area contributed by atoms with Gasteiger partial charge in [-0.25, -0.2) is 9.97 Å². The molecule has 554 valence electrons. The van der Waals surface area contributed by atoms with E-state index < -0.39 is 0 Å². The number of pyridine rings is 2. The van der Waals surface area contributed by atoms with Gasteiger partial charge in [0, 0.05) is 183 Å². The first-order chi connectivity index (χ1) is 56.1. The molecule has 4 aliphatic rings. The molecule has 9 aromatic carbocycles. The van der Waals surface area contributed by atoms with Crippen LogP contribution in [0.4, 0.5) is 22.7 Å². The molecule has 4 aliphatic heterocycles. The zero-order chi connectivity index (χ0) is 76.9. The lowest BCUT2D eigenvalue weighted by Gasteiger charge is -2.28. The Hall–Kier alpha value is -14.4. The number of nitrogens with one attached hydrogen (secondary N) is 6. The minimum absolute atomic E-state index is 0.306. The molecule has 9 heterocycles. The molecule has 6 N–H and O–H groups in total. The highest BCUT2D eigenvalue weighted by molar-refractivity contribution is 6.13. The molecule has 0 atom stereocenters. The van der Waals surface area contributed by atoms with E-state index in [1.807, 2.05) is 273 Å². The van der Waals surface area contributed by atoms with Gasteiger partial charge in [0.05, 0.1) is 34.2 Å². The molecule has 17 heteroatoms. The second-order valence-electron chi connectivity index (χ2n) is 29.0. The molecule has 0 aliphatic carbocycles. The monoisotopic (exact) mass is 1490 g/mol.